The molecule has 8 nitrogen and oxygen atoms in total. The zero-order valence-corrected chi connectivity index (χ0v) is 22.8. The first-order chi connectivity index (χ1) is 18.7. The van der Waals surface area contributed by atoms with Crippen molar-refractivity contribution in [2.24, 2.45) is 0 Å². The zero-order chi connectivity index (χ0) is 29.0. The summed E-state index contributed by atoms with van der Waals surface area (Å²) in [5.41, 5.74) is -0.598. The monoisotopic (exact) mass is 587 g/mol. The number of fused-ring (bicyclic) bond motifs is 1. The quantitative estimate of drug-likeness (QED) is 0.413. The predicted molar refractivity (Wildman–Crippen MR) is 136 cm³/mol. The van der Waals surface area contributed by atoms with Crippen LogP contribution in [0.5, 0.6) is 0 Å². The third kappa shape index (κ3) is 5.47. The molecule has 1 aromatic carbocycles. The molecule has 1 saturated heterocycles. The third-order valence-electron chi connectivity index (χ3n) is 7.28. The maximum Gasteiger partial charge on any atom is 0.434 e. The lowest BCUT2D eigenvalue weighted by molar-refractivity contribution is -0.141. The van der Waals surface area contributed by atoms with Gasteiger partial charge < -0.3 is 14.7 Å². The van der Waals surface area contributed by atoms with Crippen LogP contribution in [0.4, 0.5) is 37.2 Å². The molecular weight excluding hydrogens is 560 g/mol. The summed E-state index contributed by atoms with van der Waals surface area (Å²) in [6, 6.07) is 2.27. The molecule has 0 spiro atoms. The van der Waals surface area contributed by atoms with Crippen molar-refractivity contribution in [1.29, 1.82) is 0 Å². The molecule has 40 heavy (non-hydrogen) atoms. The van der Waals surface area contributed by atoms with Gasteiger partial charge in [0.25, 0.3) is 0 Å². The molecule has 2 aromatic heterocycles. The Morgan fingerprint density at radius 2 is 1.75 bits per heavy atom. The molecular formula is C25H27F6N7OS. The first-order valence-corrected chi connectivity index (χ1v) is 13.5. The Kier molecular flexibility index (Phi) is 7.21. The number of hydrogen-bond donors (Lipinski definition) is 0. The topological polar surface area (TPSA) is 70.4 Å². The fourth-order valence-corrected chi connectivity index (χ4v) is 6.26. The van der Waals surface area contributed by atoms with Crippen LogP contribution >= 0.6 is 11.3 Å². The Hall–Kier alpha value is -3.36. The largest absolute Gasteiger partial charge is 0.434 e. The Balaban J connectivity index is 1.39. The van der Waals surface area contributed by atoms with Crippen LogP contribution in [0.2, 0.25) is 0 Å². The van der Waals surface area contributed by atoms with Gasteiger partial charge in [-0.05, 0) is 50.5 Å². The zero-order valence-electron chi connectivity index (χ0n) is 22.0. The van der Waals surface area contributed by atoms with Crippen LogP contribution in [0.3, 0.4) is 0 Å². The Morgan fingerprint density at radius 1 is 1.00 bits per heavy atom. The highest BCUT2D eigenvalue weighted by Crippen LogP contribution is 2.42. The van der Waals surface area contributed by atoms with E-state index in [-0.39, 0.29) is 48.7 Å². The van der Waals surface area contributed by atoms with Gasteiger partial charge in [-0.2, -0.15) is 31.4 Å². The molecule has 15 heteroatoms. The molecule has 5 rings (SSSR count). The average molecular weight is 588 g/mol. The lowest BCUT2D eigenvalue weighted by atomic mass is 9.91. The highest BCUT2D eigenvalue weighted by molar-refractivity contribution is 7.13. The van der Waals surface area contributed by atoms with Crippen molar-refractivity contribution in [3.05, 3.63) is 51.5 Å². The van der Waals surface area contributed by atoms with E-state index < -0.39 is 23.6 Å². The van der Waals surface area contributed by atoms with E-state index in [1.807, 2.05) is 11.8 Å². The minimum atomic E-state index is -4.60. The van der Waals surface area contributed by atoms with Gasteiger partial charge in [-0.3, -0.25) is 4.79 Å². The minimum Gasteiger partial charge on any atom is -0.367 e. The van der Waals surface area contributed by atoms with Crippen LogP contribution in [-0.4, -0.2) is 62.8 Å². The molecule has 0 radical (unpaired) electrons. The minimum absolute atomic E-state index is 0.00213. The SMILES string of the molecule is Cc1nc(C)n(CC(=O)N2CCN(c3ccc(C(F)(F)F)c4c3CN(c3nc(C(F)(F)F)cs3)CC4)C[C@H]2C)n1. The van der Waals surface area contributed by atoms with Crippen molar-refractivity contribution in [1.82, 2.24) is 24.6 Å². The van der Waals surface area contributed by atoms with Gasteiger partial charge in [0.1, 0.15) is 18.2 Å². The number of nitrogens with zero attached hydrogens (tertiary/aromatic N) is 7. The number of benzene rings is 1. The van der Waals surface area contributed by atoms with Gasteiger partial charge in [0.05, 0.1) is 5.56 Å². The molecule has 2 aliphatic rings. The van der Waals surface area contributed by atoms with Crippen LogP contribution in [0.1, 0.15) is 41.0 Å². The fourth-order valence-electron chi connectivity index (χ4n) is 5.40. The van der Waals surface area contributed by atoms with Gasteiger partial charge in [0, 0.05) is 49.8 Å². The molecule has 0 bridgehead atoms. The predicted octanol–water partition coefficient (Wildman–Crippen LogP) is 4.69. The van der Waals surface area contributed by atoms with E-state index in [0.29, 0.717) is 42.5 Å². The van der Waals surface area contributed by atoms with Crippen LogP contribution in [0, 0.1) is 13.8 Å². The molecule has 3 aromatic rings. The number of carbonyl (C=O) groups excluding carboxylic acids is 1. The molecule has 0 aliphatic carbocycles. The average Bonchev–Trinajstić information content (AvgIpc) is 3.49. The van der Waals surface area contributed by atoms with E-state index in [4.69, 9.17) is 0 Å². The number of thiazole rings is 1. The van der Waals surface area contributed by atoms with Crippen molar-refractivity contribution in [2.75, 3.05) is 36.0 Å². The van der Waals surface area contributed by atoms with Gasteiger partial charge >= 0.3 is 12.4 Å². The van der Waals surface area contributed by atoms with E-state index in [9.17, 15) is 31.1 Å². The smallest absolute Gasteiger partial charge is 0.367 e. The Labute approximate surface area is 230 Å². The van der Waals surface area contributed by atoms with Gasteiger partial charge in [-0.25, -0.2) is 14.6 Å². The van der Waals surface area contributed by atoms with E-state index in [1.165, 1.54) is 6.07 Å². The van der Waals surface area contributed by atoms with Gasteiger partial charge in [0.2, 0.25) is 5.91 Å². The number of aryl methyl sites for hydroxylation is 2. The van der Waals surface area contributed by atoms with Crippen molar-refractivity contribution >= 4 is 28.1 Å². The number of piperazine rings is 1. The number of amides is 1. The summed E-state index contributed by atoms with van der Waals surface area (Å²) in [7, 11) is 0. The van der Waals surface area contributed by atoms with Gasteiger partial charge in [-0.15, -0.1) is 11.3 Å². The van der Waals surface area contributed by atoms with Crippen molar-refractivity contribution in [2.45, 2.75) is 58.7 Å². The second-order valence-electron chi connectivity index (χ2n) is 10.0. The summed E-state index contributed by atoms with van der Waals surface area (Å²) >= 11 is 0.819. The van der Waals surface area contributed by atoms with Gasteiger partial charge in [0.15, 0.2) is 10.8 Å². The summed E-state index contributed by atoms with van der Waals surface area (Å²) in [6.07, 6.45) is -9.15. The number of hydrogen-bond acceptors (Lipinski definition) is 7. The number of alkyl halides is 6. The molecule has 2 aliphatic heterocycles. The number of carbonyl (C=O) groups is 1. The van der Waals surface area contributed by atoms with E-state index in [0.717, 1.165) is 22.8 Å². The summed E-state index contributed by atoms with van der Waals surface area (Å²) in [4.78, 5) is 26.2. The molecule has 1 fully saturated rings. The fraction of sp³-hybridized carbons (Fsp3) is 0.520. The van der Waals surface area contributed by atoms with E-state index >= 15 is 0 Å². The molecule has 216 valence electrons. The van der Waals surface area contributed by atoms with Gasteiger partial charge in [-0.1, -0.05) is 0 Å². The molecule has 0 saturated carbocycles. The van der Waals surface area contributed by atoms with Crippen LogP contribution in [0.15, 0.2) is 17.5 Å². The van der Waals surface area contributed by atoms with E-state index in [2.05, 4.69) is 15.1 Å². The third-order valence-corrected chi connectivity index (χ3v) is 8.18. The molecule has 0 N–H and O–H groups in total. The molecule has 4 heterocycles. The maximum atomic E-state index is 13.9. The van der Waals surface area contributed by atoms with Crippen molar-refractivity contribution in [3.63, 3.8) is 0 Å². The highest BCUT2D eigenvalue weighted by atomic mass is 32.1. The molecule has 0 unspecified atom stereocenters. The lowest BCUT2D eigenvalue weighted by Crippen LogP contribution is -2.55. The normalized spacial score (nSPS) is 18.3. The Morgan fingerprint density at radius 3 is 2.35 bits per heavy atom. The molecule has 1 amide bonds. The van der Waals surface area contributed by atoms with Crippen molar-refractivity contribution < 1.29 is 31.1 Å². The van der Waals surface area contributed by atoms with Crippen LogP contribution < -0.4 is 9.80 Å². The van der Waals surface area contributed by atoms with Crippen molar-refractivity contribution in [3.8, 4) is 0 Å². The number of halogens is 6. The highest BCUT2D eigenvalue weighted by Gasteiger charge is 2.39. The van der Waals surface area contributed by atoms with Crippen LogP contribution in [-0.2, 0) is 36.7 Å². The second kappa shape index (κ2) is 10.2. The standard InChI is InChI=1S/C25H27F6N7OS/c1-14-10-35(8-9-37(14)22(39)12-38-16(3)32-15(2)34-38)20-5-4-19(24(26,27)28)17-6-7-36(11-18(17)20)23-33-21(13-40-23)25(29,30)31/h4-5,13-14H,6-12H2,1-3H3/t14-/m1/s1. The summed E-state index contributed by atoms with van der Waals surface area (Å²) in [5.74, 6) is 1.06. The number of rotatable bonds is 4. The van der Waals surface area contributed by atoms with Crippen LogP contribution in [0.25, 0.3) is 0 Å². The summed E-state index contributed by atoms with van der Waals surface area (Å²) < 4.78 is 82.6. The van der Waals surface area contributed by atoms with E-state index in [1.54, 1.807) is 28.3 Å². The maximum absolute atomic E-state index is 13.9. The first-order valence-electron chi connectivity index (χ1n) is 12.6. The Bertz CT molecular complexity index is 1420. The molecule has 1 atom stereocenters. The lowest BCUT2D eigenvalue weighted by Gasteiger charge is -2.43. The summed E-state index contributed by atoms with van der Waals surface area (Å²) in [6.45, 7) is 6.66. The first kappa shape index (κ1) is 28.2. The second-order valence-corrected chi connectivity index (χ2v) is 10.9. The number of anilines is 2. The number of aromatic nitrogens is 4. The summed E-state index contributed by atoms with van der Waals surface area (Å²) in [5, 5.41) is 5.27.